The lowest BCUT2D eigenvalue weighted by Crippen LogP contribution is -2.16. The molecule has 3 rings (SSSR count). The van der Waals surface area contributed by atoms with Gasteiger partial charge in [0.25, 0.3) is 0 Å². The summed E-state index contributed by atoms with van der Waals surface area (Å²) in [5.41, 5.74) is 1.20. The zero-order valence-electron chi connectivity index (χ0n) is 10.4. The van der Waals surface area contributed by atoms with Crippen LogP contribution in [-0.2, 0) is 0 Å². The Morgan fingerprint density at radius 2 is 1.55 bits per heavy atom. The Balaban J connectivity index is 2.01. The lowest BCUT2D eigenvalue weighted by atomic mass is 10.0. The molecule has 102 valence electrons. The van der Waals surface area contributed by atoms with E-state index in [0.717, 1.165) is 4.47 Å². The van der Waals surface area contributed by atoms with Gasteiger partial charge < -0.3 is 9.47 Å². The number of hydrogen-bond acceptors (Lipinski definition) is 3. The van der Waals surface area contributed by atoms with Gasteiger partial charge in [0.1, 0.15) is 13.2 Å². The third-order valence-electron chi connectivity index (χ3n) is 2.98. The van der Waals surface area contributed by atoms with Gasteiger partial charge in [0, 0.05) is 20.1 Å². The molecular weight excluding hydrogens is 388 g/mol. The van der Waals surface area contributed by atoms with Crippen LogP contribution in [0.25, 0.3) is 0 Å². The van der Waals surface area contributed by atoms with Crippen molar-refractivity contribution in [1.82, 2.24) is 0 Å². The number of hydrogen-bond donors (Lipinski definition) is 0. The van der Waals surface area contributed by atoms with Crippen LogP contribution in [0.3, 0.4) is 0 Å². The summed E-state index contributed by atoms with van der Waals surface area (Å²) >= 11 is 6.78. The predicted molar refractivity (Wildman–Crippen MR) is 82.7 cm³/mol. The van der Waals surface area contributed by atoms with Gasteiger partial charge in [0.15, 0.2) is 17.3 Å². The largest absolute Gasteiger partial charge is 0.486 e. The number of benzene rings is 2. The summed E-state index contributed by atoms with van der Waals surface area (Å²) in [5, 5.41) is 0. The normalized spacial score (nSPS) is 13.1. The van der Waals surface area contributed by atoms with Crippen LogP contribution in [0.5, 0.6) is 11.5 Å². The van der Waals surface area contributed by atoms with Gasteiger partial charge in [-0.05, 0) is 52.3 Å². The van der Waals surface area contributed by atoms with E-state index in [-0.39, 0.29) is 5.78 Å². The highest BCUT2D eigenvalue weighted by atomic mass is 79.9. The molecule has 0 aliphatic carbocycles. The van der Waals surface area contributed by atoms with E-state index >= 15 is 0 Å². The van der Waals surface area contributed by atoms with Crippen LogP contribution < -0.4 is 9.47 Å². The fraction of sp³-hybridized carbons (Fsp3) is 0.133. The van der Waals surface area contributed by atoms with Gasteiger partial charge in [0.2, 0.25) is 0 Å². The van der Waals surface area contributed by atoms with Crippen LogP contribution in [0.4, 0.5) is 0 Å². The highest BCUT2D eigenvalue weighted by Gasteiger charge is 2.19. The van der Waals surface area contributed by atoms with Crippen LogP contribution in [0.15, 0.2) is 45.3 Å². The summed E-state index contributed by atoms with van der Waals surface area (Å²) in [4.78, 5) is 12.5. The molecule has 0 spiro atoms. The summed E-state index contributed by atoms with van der Waals surface area (Å²) in [6.07, 6.45) is 0. The van der Waals surface area contributed by atoms with Gasteiger partial charge in [-0.1, -0.05) is 15.9 Å². The number of rotatable bonds is 2. The van der Waals surface area contributed by atoms with Crippen molar-refractivity contribution in [1.29, 1.82) is 0 Å². The average molecular weight is 398 g/mol. The molecule has 0 unspecified atom stereocenters. The molecule has 2 aromatic carbocycles. The van der Waals surface area contributed by atoms with Crippen LogP contribution >= 0.6 is 31.9 Å². The van der Waals surface area contributed by atoms with Crippen LogP contribution in [-0.4, -0.2) is 19.0 Å². The molecule has 0 atom stereocenters. The number of carbonyl (C=O) groups excluding carboxylic acids is 1. The average Bonchev–Trinajstić information content (AvgIpc) is 2.46. The first-order valence-corrected chi connectivity index (χ1v) is 7.63. The highest BCUT2D eigenvalue weighted by molar-refractivity contribution is 9.10. The minimum atomic E-state index is -0.0543. The molecule has 5 heteroatoms. The van der Waals surface area contributed by atoms with Gasteiger partial charge in [-0.3, -0.25) is 4.79 Å². The van der Waals surface area contributed by atoms with E-state index < -0.39 is 0 Å². The number of ketones is 1. The Bertz CT molecular complexity index is 666. The van der Waals surface area contributed by atoms with Crippen molar-refractivity contribution in [2.75, 3.05) is 13.2 Å². The van der Waals surface area contributed by atoms with Crippen molar-refractivity contribution in [3.8, 4) is 11.5 Å². The SMILES string of the molecule is O=C(c1ccc(Br)cc1)c1cc2c(cc1Br)OCCO2. The molecule has 0 fully saturated rings. The van der Waals surface area contributed by atoms with E-state index in [1.165, 1.54) is 0 Å². The monoisotopic (exact) mass is 396 g/mol. The van der Waals surface area contributed by atoms with E-state index in [1.54, 1.807) is 24.3 Å². The van der Waals surface area contributed by atoms with Crippen LogP contribution in [0.1, 0.15) is 15.9 Å². The standard InChI is InChI=1S/C15H10Br2O3/c16-10-3-1-9(2-4-10)15(18)11-7-13-14(8-12(11)17)20-6-5-19-13/h1-4,7-8H,5-6H2. The van der Waals surface area contributed by atoms with Crippen LogP contribution in [0, 0.1) is 0 Å². The molecule has 0 saturated heterocycles. The second-order valence-electron chi connectivity index (χ2n) is 4.31. The molecule has 0 aromatic heterocycles. The number of halogens is 2. The van der Waals surface area contributed by atoms with Crippen molar-refractivity contribution in [3.63, 3.8) is 0 Å². The smallest absolute Gasteiger partial charge is 0.194 e. The van der Waals surface area contributed by atoms with E-state index in [4.69, 9.17) is 9.47 Å². The van der Waals surface area contributed by atoms with Gasteiger partial charge in [0.05, 0.1) is 0 Å². The first-order valence-electron chi connectivity index (χ1n) is 6.04. The Labute approximate surface area is 133 Å². The Kier molecular flexibility index (Phi) is 3.81. The topological polar surface area (TPSA) is 35.5 Å². The molecule has 0 radical (unpaired) electrons. The van der Waals surface area contributed by atoms with E-state index in [0.29, 0.717) is 40.3 Å². The summed E-state index contributed by atoms with van der Waals surface area (Å²) in [6, 6.07) is 10.8. The number of carbonyl (C=O) groups is 1. The molecule has 1 heterocycles. The Morgan fingerprint density at radius 1 is 0.950 bits per heavy atom. The summed E-state index contributed by atoms with van der Waals surface area (Å²) in [7, 11) is 0. The zero-order chi connectivity index (χ0) is 14.1. The lowest BCUT2D eigenvalue weighted by Gasteiger charge is -2.19. The molecule has 1 aliphatic heterocycles. The van der Waals surface area contributed by atoms with E-state index in [2.05, 4.69) is 31.9 Å². The second kappa shape index (κ2) is 5.58. The van der Waals surface area contributed by atoms with Crippen molar-refractivity contribution in [3.05, 3.63) is 56.5 Å². The van der Waals surface area contributed by atoms with Crippen molar-refractivity contribution in [2.24, 2.45) is 0 Å². The first-order chi connectivity index (χ1) is 9.65. The van der Waals surface area contributed by atoms with E-state index in [9.17, 15) is 4.79 Å². The molecule has 0 saturated carbocycles. The van der Waals surface area contributed by atoms with Crippen LogP contribution in [0.2, 0.25) is 0 Å². The molecule has 20 heavy (non-hydrogen) atoms. The fourth-order valence-electron chi connectivity index (χ4n) is 1.99. The maximum absolute atomic E-state index is 12.5. The molecule has 0 amide bonds. The zero-order valence-corrected chi connectivity index (χ0v) is 13.5. The molecule has 0 N–H and O–H groups in total. The summed E-state index contributed by atoms with van der Waals surface area (Å²) in [6.45, 7) is 1.03. The summed E-state index contributed by atoms with van der Waals surface area (Å²) in [5.74, 6) is 1.22. The quantitative estimate of drug-likeness (QED) is 0.712. The Morgan fingerprint density at radius 3 is 2.20 bits per heavy atom. The molecule has 3 nitrogen and oxygen atoms in total. The minimum Gasteiger partial charge on any atom is -0.486 e. The number of fused-ring (bicyclic) bond motifs is 1. The molecule has 2 aromatic rings. The lowest BCUT2D eigenvalue weighted by molar-refractivity contribution is 0.103. The second-order valence-corrected chi connectivity index (χ2v) is 6.08. The minimum absolute atomic E-state index is 0.0543. The van der Waals surface area contributed by atoms with Crippen molar-refractivity contribution < 1.29 is 14.3 Å². The van der Waals surface area contributed by atoms with Gasteiger partial charge in [-0.15, -0.1) is 0 Å². The van der Waals surface area contributed by atoms with E-state index in [1.807, 2.05) is 12.1 Å². The highest BCUT2D eigenvalue weighted by Crippen LogP contribution is 2.36. The predicted octanol–water partition coefficient (Wildman–Crippen LogP) is 4.21. The maximum Gasteiger partial charge on any atom is 0.194 e. The third kappa shape index (κ3) is 2.60. The summed E-state index contributed by atoms with van der Waals surface area (Å²) < 4.78 is 12.7. The van der Waals surface area contributed by atoms with Gasteiger partial charge in [-0.2, -0.15) is 0 Å². The Hall–Kier alpha value is -1.33. The number of ether oxygens (including phenoxy) is 2. The third-order valence-corrected chi connectivity index (χ3v) is 4.17. The first kappa shape index (κ1) is 13.6. The maximum atomic E-state index is 12.5. The molecule has 1 aliphatic rings. The van der Waals surface area contributed by atoms with Gasteiger partial charge in [-0.25, -0.2) is 0 Å². The molecule has 0 bridgehead atoms. The van der Waals surface area contributed by atoms with Crippen molar-refractivity contribution in [2.45, 2.75) is 0 Å². The fourth-order valence-corrected chi connectivity index (χ4v) is 2.76. The van der Waals surface area contributed by atoms with Gasteiger partial charge >= 0.3 is 0 Å². The molecular formula is C15H10Br2O3. The van der Waals surface area contributed by atoms with Crippen molar-refractivity contribution >= 4 is 37.6 Å².